The third kappa shape index (κ3) is 5.20. The fraction of sp³-hybridized carbons (Fsp3) is 0.258. The van der Waals surface area contributed by atoms with Crippen LogP contribution in [0.1, 0.15) is 43.2 Å². The van der Waals surface area contributed by atoms with Crippen LogP contribution in [0.15, 0.2) is 93.2 Å². The first-order valence-corrected chi connectivity index (χ1v) is 15.7. The van der Waals surface area contributed by atoms with Crippen molar-refractivity contribution in [1.29, 1.82) is 0 Å². The van der Waals surface area contributed by atoms with Crippen molar-refractivity contribution in [3.05, 3.63) is 101 Å². The molecule has 0 spiro atoms. The number of hydrogen-bond acceptors (Lipinski definition) is 5. The number of amides is 1. The minimum Gasteiger partial charge on any atom is -0.543 e. The Morgan fingerprint density at radius 2 is 1.82 bits per heavy atom. The van der Waals surface area contributed by atoms with Gasteiger partial charge in [-0.25, -0.2) is 9.98 Å². The monoisotopic (exact) mass is 523 g/mol. The maximum absolute atomic E-state index is 13.4. The molecule has 0 saturated heterocycles. The van der Waals surface area contributed by atoms with Gasteiger partial charge in [0.15, 0.2) is 5.84 Å². The highest BCUT2D eigenvalue weighted by Gasteiger charge is 2.39. The van der Waals surface area contributed by atoms with Crippen molar-refractivity contribution in [1.82, 2.24) is 4.90 Å². The van der Waals surface area contributed by atoms with Gasteiger partial charge < -0.3 is 8.84 Å². The molecule has 5 rings (SSSR count). The molecule has 2 aliphatic heterocycles. The van der Waals surface area contributed by atoms with E-state index in [1.165, 1.54) is 5.56 Å². The molecule has 3 aromatic rings. The topological polar surface area (TPSA) is 67.4 Å². The largest absolute Gasteiger partial charge is 0.543 e. The number of benzene rings is 2. The van der Waals surface area contributed by atoms with E-state index < -0.39 is 8.32 Å². The highest BCUT2D eigenvalue weighted by Crippen LogP contribution is 2.38. The number of nitrogens with zero attached hydrogens (tertiary/aromatic N) is 3. The van der Waals surface area contributed by atoms with Crippen molar-refractivity contribution in [2.45, 2.75) is 52.2 Å². The van der Waals surface area contributed by atoms with Gasteiger partial charge in [0, 0.05) is 24.3 Å². The van der Waals surface area contributed by atoms with E-state index >= 15 is 0 Å². The standard InChI is InChI=1S/C31H33N3O3Si/c1-21-10-7-11-22(16-21)17-26-29-33-27(19-24-14-9-15-36-24)30(35)34(29)20-28(32-26)23-12-8-13-25(18-23)37-38(5,6)31(2,3)4/h7-16,18-20H,17H2,1-6H3/b27-19+. The Kier molecular flexibility index (Phi) is 6.57. The number of rotatable bonds is 6. The molecule has 0 radical (unpaired) electrons. The van der Waals surface area contributed by atoms with Gasteiger partial charge in [-0.2, -0.15) is 0 Å². The van der Waals surface area contributed by atoms with Gasteiger partial charge in [0.05, 0.1) is 17.7 Å². The molecule has 0 atom stereocenters. The zero-order valence-corrected chi connectivity index (χ0v) is 23.8. The summed E-state index contributed by atoms with van der Waals surface area (Å²) in [6, 6.07) is 19.9. The molecule has 194 valence electrons. The maximum Gasteiger partial charge on any atom is 0.282 e. The van der Waals surface area contributed by atoms with E-state index in [0.29, 0.717) is 29.4 Å². The molecule has 6 nitrogen and oxygen atoms in total. The van der Waals surface area contributed by atoms with E-state index in [1.54, 1.807) is 35.6 Å². The summed E-state index contributed by atoms with van der Waals surface area (Å²) < 4.78 is 12.0. The van der Waals surface area contributed by atoms with Gasteiger partial charge in [-0.15, -0.1) is 0 Å². The maximum atomic E-state index is 13.4. The number of aliphatic imine (C=N–C) groups is 2. The van der Waals surface area contributed by atoms with Crippen LogP contribution in [0.5, 0.6) is 5.75 Å². The molecular formula is C31H33N3O3Si. The van der Waals surface area contributed by atoms with E-state index in [0.717, 1.165) is 22.6 Å². The normalized spacial score (nSPS) is 16.8. The molecule has 0 N–H and O–H groups in total. The number of amidine groups is 1. The summed E-state index contributed by atoms with van der Waals surface area (Å²) in [5.41, 5.74) is 4.92. The highest BCUT2D eigenvalue weighted by molar-refractivity contribution is 6.74. The van der Waals surface area contributed by atoms with Gasteiger partial charge in [0.2, 0.25) is 8.32 Å². The summed E-state index contributed by atoms with van der Waals surface area (Å²) >= 11 is 0. The van der Waals surface area contributed by atoms with Crippen molar-refractivity contribution in [3.8, 4) is 5.75 Å². The van der Waals surface area contributed by atoms with Gasteiger partial charge in [0.1, 0.15) is 17.2 Å². The fourth-order valence-electron chi connectivity index (χ4n) is 4.15. The Balaban J connectivity index is 1.54. The molecule has 2 aromatic carbocycles. The summed E-state index contributed by atoms with van der Waals surface area (Å²) in [4.78, 5) is 24.8. The van der Waals surface area contributed by atoms with Crippen LogP contribution in [0.4, 0.5) is 0 Å². The molecule has 0 aliphatic carbocycles. The number of aryl methyl sites for hydroxylation is 1. The Labute approximate surface area is 225 Å². The van der Waals surface area contributed by atoms with Crippen LogP contribution in [-0.2, 0) is 11.2 Å². The molecule has 38 heavy (non-hydrogen) atoms. The molecule has 2 aliphatic rings. The summed E-state index contributed by atoms with van der Waals surface area (Å²) in [7, 11) is -2.02. The Morgan fingerprint density at radius 3 is 2.53 bits per heavy atom. The summed E-state index contributed by atoms with van der Waals surface area (Å²) in [6.07, 6.45) is 5.57. The minimum atomic E-state index is -2.02. The van der Waals surface area contributed by atoms with Crippen LogP contribution in [0.3, 0.4) is 0 Å². The van der Waals surface area contributed by atoms with Crippen LogP contribution in [0.2, 0.25) is 18.1 Å². The lowest BCUT2D eigenvalue weighted by Crippen LogP contribution is -2.43. The molecule has 0 unspecified atom stereocenters. The SMILES string of the molecule is Cc1cccc(CC2=NC(c3cccc(O[Si](C)(C)C(C)(C)C)c3)=CN3C(=O)/C(=C\c4ccco4)N=C23)c1. The third-order valence-electron chi connectivity index (χ3n) is 7.24. The number of hydrogen-bond donors (Lipinski definition) is 0. The van der Waals surface area contributed by atoms with Gasteiger partial charge in [0.25, 0.3) is 5.91 Å². The summed E-state index contributed by atoms with van der Waals surface area (Å²) in [6.45, 7) is 13.2. The third-order valence-corrected chi connectivity index (χ3v) is 11.6. The first kappa shape index (κ1) is 25.7. The number of furan rings is 1. The molecule has 0 saturated carbocycles. The lowest BCUT2D eigenvalue weighted by molar-refractivity contribution is -0.120. The zero-order valence-electron chi connectivity index (χ0n) is 22.8. The van der Waals surface area contributed by atoms with Crippen molar-refractivity contribution in [2.24, 2.45) is 9.98 Å². The van der Waals surface area contributed by atoms with Crippen LogP contribution >= 0.6 is 0 Å². The van der Waals surface area contributed by atoms with Crippen molar-refractivity contribution >= 4 is 37.5 Å². The first-order valence-electron chi connectivity index (χ1n) is 12.8. The van der Waals surface area contributed by atoms with Crippen molar-refractivity contribution in [2.75, 3.05) is 0 Å². The average Bonchev–Trinajstić information content (AvgIpc) is 3.47. The lowest BCUT2D eigenvalue weighted by atomic mass is 10.0. The van der Waals surface area contributed by atoms with Crippen molar-refractivity contribution in [3.63, 3.8) is 0 Å². The lowest BCUT2D eigenvalue weighted by Gasteiger charge is -2.36. The first-order chi connectivity index (χ1) is 18.0. The highest BCUT2D eigenvalue weighted by atomic mass is 28.4. The Bertz CT molecular complexity index is 1510. The van der Waals surface area contributed by atoms with Gasteiger partial charge in [-0.05, 0) is 54.9 Å². The second-order valence-corrected chi connectivity index (χ2v) is 16.0. The molecule has 0 fully saturated rings. The van der Waals surface area contributed by atoms with Gasteiger partial charge >= 0.3 is 0 Å². The predicted molar refractivity (Wildman–Crippen MR) is 156 cm³/mol. The summed E-state index contributed by atoms with van der Waals surface area (Å²) in [5.74, 6) is 1.73. The molecule has 1 amide bonds. The minimum absolute atomic E-state index is 0.0797. The average molecular weight is 524 g/mol. The summed E-state index contributed by atoms with van der Waals surface area (Å²) in [5, 5.41) is 0.0797. The van der Waals surface area contributed by atoms with E-state index in [2.05, 4.69) is 64.0 Å². The molecule has 0 bridgehead atoms. The number of fused-ring (bicyclic) bond motifs is 1. The number of carbonyl (C=O) groups excluding carboxylic acids is 1. The second-order valence-electron chi connectivity index (χ2n) is 11.3. The quantitative estimate of drug-likeness (QED) is 0.252. The van der Waals surface area contributed by atoms with Gasteiger partial charge in [-0.3, -0.25) is 9.69 Å². The Hall–Kier alpha value is -3.97. The van der Waals surface area contributed by atoms with Gasteiger partial charge in [-0.1, -0.05) is 62.7 Å². The zero-order chi connectivity index (χ0) is 27.1. The molecule has 1 aromatic heterocycles. The molecular weight excluding hydrogens is 490 g/mol. The van der Waals surface area contributed by atoms with E-state index in [4.69, 9.17) is 13.8 Å². The molecule has 7 heteroatoms. The van der Waals surface area contributed by atoms with E-state index in [9.17, 15) is 4.79 Å². The van der Waals surface area contributed by atoms with Crippen LogP contribution in [0, 0.1) is 6.92 Å². The van der Waals surface area contributed by atoms with E-state index in [1.807, 2.05) is 30.3 Å². The van der Waals surface area contributed by atoms with Crippen molar-refractivity contribution < 1.29 is 13.6 Å². The fourth-order valence-corrected chi connectivity index (χ4v) is 5.17. The number of carbonyl (C=O) groups is 1. The van der Waals surface area contributed by atoms with Crippen LogP contribution in [0.25, 0.3) is 11.8 Å². The van der Waals surface area contributed by atoms with Crippen LogP contribution in [-0.4, -0.2) is 30.7 Å². The van der Waals surface area contributed by atoms with Crippen LogP contribution < -0.4 is 4.43 Å². The smallest absolute Gasteiger partial charge is 0.282 e. The second kappa shape index (κ2) is 9.72. The predicted octanol–water partition coefficient (Wildman–Crippen LogP) is 7.25. The molecule has 3 heterocycles. The van der Waals surface area contributed by atoms with E-state index in [-0.39, 0.29) is 10.9 Å². The Morgan fingerprint density at radius 1 is 1.03 bits per heavy atom.